The van der Waals surface area contributed by atoms with Crippen LogP contribution in [0.25, 0.3) is 11.1 Å². The van der Waals surface area contributed by atoms with Gasteiger partial charge in [0, 0.05) is 31.3 Å². The molecular weight excluding hydrogens is 444 g/mol. The molecule has 2 aliphatic rings. The van der Waals surface area contributed by atoms with E-state index in [1.807, 2.05) is 31.2 Å². The number of alkyl carbamates (subject to hydrolysis) is 1. The Balaban J connectivity index is 1.15. The normalized spacial score (nSPS) is 19.5. The quantitative estimate of drug-likeness (QED) is 0.459. The smallest absolute Gasteiger partial charge is 0.407 e. The molecule has 3 N–H and O–H groups in total. The molecule has 3 unspecified atom stereocenters. The van der Waals surface area contributed by atoms with E-state index in [9.17, 15) is 14.4 Å². The average Bonchev–Trinajstić information content (AvgIpc) is 3.38. The number of carbonyl (C=O) groups excluding carboxylic acids is 2. The minimum Gasteiger partial charge on any atom is -0.481 e. The molecule has 2 aliphatic carbocycles. The summed E-state index contributed by atoms with van der Waals surface area (Å²) in [6.07, 6.45) is 3.19. The Hall–Kier alpha value is -3.35. The molecule has 1 fully saturated rings. The van der Waals surface area contributed by atoms with E-state index in [-0.39, 0.29) is 42.7 Å². The molecule has 7 heteroatoms. The van der Waals surface area contributed by atoms with Crippen LogP contribution in [0.1, 0.15) is 62.5 Å². The summed E-state index contributed by atoms with van der Waals surface area (Å²) < 4.78 is 5.56. The second kappa shape index (κ2) is 11.4. The fourth-order valence-corrected chi connectivity index (χ4v) is 5.41. The molecule has 0 radical (unpaired) electrons. The first-order valence-electron chi connectivity index (χ1n) is 12.5. The number of ether oxygens (including phenoxy) is 1. The van der Waals surface area contributed by atoms with Gasteiger partial charge in [-0.3, -0.25) is 9.59 Å². The lowest BCUT2D eigenvalue weighted by Crippen LogP contribution is -2.34. The first kappa shape index (κ1) is 24.8. The fourth-order valence-electron chi connectivity index (χ4n) is 5.41. The Kier molecular flexibility index (Phi) is 8.06. The topological polar surface area (TPSA) is 105 Å². The summed E-state index contributed by atoms with van der Waals surface area (Å²) in [4.78, 5) is 35.5. The van der Waals surface area contributed by atoms with Crippen molar-refractivity contribution in [2.45, 2.75) is 57.4 Å². The summed E-state index contributed by atoms with van der Waals surface area (Å²) in [6.45, 7) is 2.71. The zero-order valence-electron chi connectivity index (χ0n) is 20.2. The van der Waals surface area contributed by atoms with Crippen LogP contribution in [0.15, 0.2) is 48.5 Å². The van der Waals surface area contributed by atoms with Crippen molar-refractivity contribution >= 4 is 18.0 Å². The molecule has 0 aliphatic heterocycles. The highest BCUT2D eigenvalue weighted by Gasteiger charge is 2.29. The monoisotopic (exact) mass is 478 g/mol. The first-order chi connectivity index (χ1) is 16.9. The molecule has 0 aromatic heterocycles. The SMILES string of the molecule is CC(CCNC(=O)OCC1c2ccccc2-c2ccccc21)CC(=O)NC1CCC(CC(=O)O)C1. The van der Waals surface area contributed by atoms with Crippen molar-refractivity contribution in [1.29, 1.82) is 0 Å². The molecule has 0 spiro atoms. The number of aliphatic carboxylic acids is 1. The third-order valence-corrected chi connectivity index (χ3v) is 7.15. The number of hydrogen-bond acceptors (Lipinski definition) is 4. The van der Waals surface area contributed by atoms with Crippen LogP contribution in [0, 0.1) is 11.8 Å². The maximum atomic E-state index is 12.3. The number of carbonyl (C=O) groups is 3. The minimum absolute atomic E-state index is 0.0142. The second-order valence-electron chi connectivity index (χ2n) is 9.89. The van der Waals surface area contributed by atoms with Crippen LogP contribution in [0.3, 0.4) is 0 Å². The number of benzene rings is 2. The van der Waals surface area contributed by atoms with Gasteiger partial charge >= 0.3 is 12.1 Å². The van der Waals surface area contributed by atoms with Gasteiger partial charge in [0.1, 0.15) is 6.61 Å². The number of hydrogen-bond donors (Lipinski definition) is 3. The number of carboxylic acids is 1. The van der Waals surface area contributed by atoms with Crippen molar-refractivity contribution in [2.75, 3.05) is 13.2 Å². The Morgan fingerprint density at radius 2 is 1.69 bits per heavy atom. The fraction of sp³-hybridized carbons (Fsp3) is 0.464. The zero-order chi connectivity index (χ0) is 24.8. The second-order valence-corrected chi connectivity index (χ2v) is 9.89. The average molecular weight is 479 g/mol. The van der Waals surface area contributed by atoms with Gasteiger partial charge in [0.15, 0.2) is 0 Å². The van der Waals surface area contributed by atoms with Crippen LogP contribution in [-0.2, 0) is 14.3 Å². The van der Waals surface area contributed by atoms with Crippen molar-refractivity contribution in [1.82, 2.24) is 10.6 Å². The lowest BCUT2D eigenvalue weighted by Gasteiger charge is -2.17. The van der Waals surface area contributed by atoms with Crippen molar-refractivity contribution in [3.05, 3.63) is 59.7 Å². The lowest BCUT2D eigenvalue weighted by molar-refractivity contribution is -0.138. The van der Waals surface area contributed by atoms with Crippen molar-refractivity contribution in [3.8, 4) is 11.1 Å². The van der Waals surface area contributed by atoms with Gasteiger partial charge in [-0.25, -0.2) is 4.79 Å². The van der Waals surface area contributed by atoms with Crippen molar-refractivity contribution in [2.24, 2.45) is 11.8 Å². The van der Waals surface area contributed by atoms with E-state index in [0.29, 0.717) is 19.4 Å². The molecule has 4 rings (SSSR count). The van der Waals surface area contributed by atoms with E-state index < -0.39 is 12.1 Å². The predicted molar refractivity (Wildman–Crippen MR) is 133 cm³/mol. The molecule has 0 saturated heterocycles. The van der Waals surface area contributed by atoms with E-state index in [4.69, 9.17) is 9.84 Å². The highest BCUT2D eigenvalue weighted by Crippen LogP contribution is 2.44. The summed E-state index contributed by atoms with van der Waals surface area (Å²) in [6, 6.07) is 16.5. The van der Waals surface area contributed by atoms with E-state index in [1.54, 1.807) is 0 Å². The molecule has 2 aromatic rings. The largest absolute Gasteiger partial charge is 0.481 e. The third kappa shape index (κ3) is 6.41. The highest BCUT2D eigenvalue weighted by molar-refractivity contribution is 5.79. The molecule has 7 nitrogen and oxygen atoms in total. The van der Waals surface area contributed by atoms with Crippen molar-refractivity contribution < 1.29 is 24.2 Å². The van der Waals surface area contributed by atoms with Crippen LogP contribution in [-0.4, -0.2) is 42.3 Å². The van der Waals surface area contributed by atoms with Gasteiger partial charge in [0.05, 0.1) is 0 Å². The molecule has 2 aromatic carbocycles. The molecule has 35 heavy (non-hydrogen) atoms. The number of amides is 2. The zero-order valence-corrected chi connectivity index (χ0v) is 20.2. The molecule has 0 heterocycles. The Morgan fingerprint density at radius 1 is 1.03 bits per heavy atom. The number of carboxylic acid groups (broad SMARTS) is 1. The van der Waals surface area contributed by atoms with Gasteiger partial charge in [-0.05, 0) is 59.8 Å². The third-order valence-electron chi connectivity index (χ3n) is 7.15. The van der Waals surface area contributed by atoms with E-state index >= 15 is 0 Å². The highest BCUT2D eigenvalue weighted by atomic mass is 16.5. The van der Waals surface area contributed by atoms with Crippen LogP contribution in [0.5, 0.6) is 0 Å². The molecule has 1 saturated carbocycles. The van der Waals surface area contributed by atoms with Crippen LogP contribution in [0.2, 0.25) is 0 Å². The van der Waals surface area contributed by atoms with Gasteiger partial charge in [-0.1, -0.05) is 55.5 Å². The van der Waals surface area contributed by atoms with Gasteiger partial charge in [0.2, 0.25) is 5.91 Å². The van der Waals surface area contributed by atoms with Crippen LogP contribution < -0.4 is 10.6 Å². The van der Waals surface area contributed by atoms with E-state index in [0.717, 1.165) is 19.3 Å². The van der Waals surface area contributed by atoms with Crippen LogP contribution >= 0.6 is 0 Å². The first-order valence-corrected chi connectivity index (χ1v) is 12.5. The maximum absolute atomic E-state index is 12.3. The van der Waals surface area contributed by atoms with Gasteiger partial charge in [0.25, 0.3) is 0 Å². The molecule has 3 atom stereocenters. The number of rotatable bonds is 10. The molecule has 2 amide bonds. The molecule has 186 valence electrons. The Bertz CT molecular complexity index is 1020. The lowest BCUT2D eigenvalue weighted by atomic mass is 9.98. The summed E-state index contributed by atoms with van der Waals surface area (Å²) >= 11 is 0. The standard InChI is InChI=1S/C28H34N2O5/c1-18(14-26(31)30-20-11-10-19(15-20)16-27(32)33)12-13-29-28(34)35-17-25-23-8-4-2-6-21(23)22-7-3-5-9-24(22)25/h2-9,18-20,25H,10-17H2,1H3,(H,29,34)(H,30,31)(H,32,33). The summed E-state index contributed by atoms with van der Waals surface area (Å²) in [7, 11) is 0. The summed E-state index contributed by atoms with van der Waals surface area (Å²) in [5.74, 6) is -0.502. The minimum atomic E-state index is -0.778. The van der Waals surface area contributed by atoms with Crippen molar-refractivity contribution in [3.63, 3.8) is 0 Å². The maximum Gasteiger partial charge on any atom is 0.407 e. The Labute approximate surface area is 206 Å². The van der Waals surface area contributed by atoms with Crippen LogP contribution in [0.4, 0.5) is 4.79 Å². The Morgan fingerprint density at radius 3 is 2.34 bits per heavy atom. The van der Waals surface area contributed by atoms with Gasteiger partial charge in [-0.15, -0.1) is 0 Å². The number of nitrogens with one attached hydrogen (secondary N) is 2. The van der Waals surface area contributed by atoms with E-state index in [1.165, 1.54) is 22.3 Å². The van der Waals surface area contributed by atoms with Gasteiger partial charge in [-0.2, -0.15) is 0 Å². The predicted octanol–water partition coefficient (Wildman–Crippen LogP) is 4.70. The molecule has 0 bridgehead atoms. The summed E-state index contributed by atoms with van der Waals surface area (Å²) in [5.41, 5.74) is 4.74. The molecular formula is C28H34N2O5. The van der Waals surface area contributed by atoms with Gasteiger partial charge < -0.3 is 20.5 Å². The summed E-state index contributed by atoms with van der Waals surface area (Å²) in [5, 5.41) is 14.8. The number of fused-ring (bicyclic) bond motifs is 3. The van der Waals surface area contributed by atoms with E-state index in [2.05, 4.69) is 34.9 Å².